The molecule has 0 spiro atoms. The molecule has 0 atom stereocenters. The number of oxazole rings is 1. The number of nitrogens with one attached hydrogen (secondary N) is 1. The molecule has 1 N–H and O–H groups in total. The number of hydrogen-bond donors (Lipinski definition) is 1. The lowest BCUT2D eigenvalue weighted by Gasteiger charge is -2.32. The molecule has 3 heterocycles. The summed E-state index contributed by atoms with van der Waals surface area (Å²) in [5.41, 5.74) is 2.26. The largest absolute Gasteiger partial charge is 0.444 e. The van der Waals surface area contributed by atoms with E-state index in [0.29, 0.717) is 37.3 Å². The molecule has 1 fully saturated rings. The Kier molecular flexibility index (Phi) is 5.20. The summed E-state index contributed by atoms with van der Waals surface area (Å²) in [6, 6.07) is 10.2. The minimum absolute atomic E-state index is 0.0504. The van der Waals surface area contributed by atoms with Crippen molar-refractivity contribution in [3.05, 3.63) is 66.6 Å². The molecule has 4 rings (SSSR count). The minimum Gasteiger partial charge on any atom is -0.444 e. The molecule has 1 aliphatic rings. The highest BCUT2D eigenvalue weighted by Crippen LogP contribution is 2.18. The fourth-order valence-electron chi connectivity index (χ4n) is 3.21. The first-order valence-electron chi connectivity index (χ1n) is 9.08. The van der Waals surface area contributed by atoms with Gasteiger partial charge in [0.25, 0.3) is 5.91 Å². The zero-order chi connectivity index (χ0) is 18.5. The van der Waals surface area contributed by atoms with Crippen molar-refractivity contribution in [1.82, 2.24) is 25.2 Å². The van der Waals surface area contributed by atoms with Crippen LogP contribution in [0.3, 0.4) is 0 Å². The van der Waals surface area contributed by atoms with Crippen LogP contribution in [0.5, 0.6) is 0 Å². The van der Waals surface area contributed by atoms with Gasteiger partial charge in [-0.25, -0.2) is 9.97 Å². The first kappa shape index (κ1) is 17.4. The molecule has 3 aromatic rings. The summed E-state index contributed by atoms with van der Waals surface area (Å²) in [6.45, 7) is 2.07. The number of hydrogen-bond acceptors (Lipinski definition) is 6. The van der Waals surface area contributed by atoms with Crippen LogP contribution in [-0.4, -0.2) is 44.9 Å². The predicted molar refractivity (Wildman–Crippen MR) is 99.7 cm³/mol. The lowest BCUT2D eigenvalue weighted by Crippen LogP contribution is -2.45. The van der Waals surface area contributed by atoms with E-state index in [1.807, 2.05) is 35.2 Å². The number of carbonyl (C=O) groups is 1. The smallest absolute Gasteiger partial charge is 0.274 e. The van der Waals surface area contributed by atoms with E-state index in [4.69, 9.17) is 4.42 Å². The number of aromatic nitrogens is 3. The molecule has 1 aromatic carbocycles. The SMILES string of the molecule is O=C(c1cnccn1)N1CCC(NCc2coc(-c3ccccc3)n2)CC1. The van der Waals surface area contributed by atoms with Crippen molar-refractivity contribution in [2.24, 2.45) is 0 Å². The molecule has 0 saturated carbocycles. The Balaban J connectivity index is 1.27. The molecule has 138 valence electrons. The van der Waals surface area contributed by atoms with E-state index in [1.54, 1.807) is 18.7 Å². The summed E-state index contributed by atoms with van der Waals surface area (Å²) in [6.07, 6.45) is 8.12. The van der Waals surface area contributed by atoms with E-state index in [-0.39, 0.29) is 5.91 Å². The summed E-state index contributed by atoms with van der Waals surface area (Å²) in [5, 5.41) is 3.51. The third-order valence-electron chi connectivity index (χ3n) is 4.71. The number of likely N-dealkylation sites (tertiary alicyclic amines) is 1. The molecule has 1 amide bonds. The van der Waals surface area contributed by atoms with E-state index in [9.17, 15) is 4.79 Å². The lowest BCUT2D eigenvalue weighted by atomic mass is 10.0. The zero-order valence-electron chi connectivity index (χ0n) is 14.9. The Hall–Kier alpha value is -3.06. The van der Waals surface area contributed by atoms with Gasteiger partial charge in [-0.3, -0.25) is 9.78 Å². The Morgan fingerprint density at radius 3 is 2.74 bits per heavy atom. The van der Waals surface area contributed by atoms with Gasteiger partial charge >= 0.3 is 0 Å². The second kappa shape index (κ2) is 8.09. The van der Waals surface area contributed by atoms with Crippen LogP contribution in [0.1, 0.15) is 29.0 Å². The first-order valence-corrected chi connectivity index (χ1v) is 9.08. The second-order valence-corrected chi connectivity index (χ2v) is 6.55. The Labute approximate surface area is 157 Å². The van der Waals surface area contributed by atoms with Gasteiger partial charge in [0.15, 0.2) is 0 Å². The second-order valence-electron chi connectivity index (χ2n) is 6.55. The van der Waals surface area contributed by atoms with Crippen LogP contribution in [0, 0.1) is 0 Å². The van der Waals surface area contributed by atoms with Crippen LogP contribution in [0.2, 0.25) is 0 Å². The summed E-state index contributed by atoms with van der Waals surface area (Å²) < 4.78 is 5.57. The molecule has 0 aliphatic carbocycles. The highest BCUT2D eigenvalue weighted by Gasteiger charge is 2.24. The molecule has 0 unspecified atom stereocenters. The molecule has 27 heavy (non-hydrogen) atoms. The number of carbonyl (C=O) groups excluding carboxylic acids is 1. The van der Waals surface area contributed by atoms with Crippen molar-refractivity contribution in [3.63, 3.8) is 0 Å². The van der Waals surface area contributed by atoms with Crippen molar-refractivity contribution in [2.45, 2.75) is 25.4 Å². The predicted octanol–water partition coefficient (Wildman–Crippen LogP) is 2.53. The number of rotatable bonds is 5. The van der Waals surface area contributed by atoms with E-state index < -0.39 is 0 Å². The van der Waals surface area contributed by atoms with Gasteiger partial charge in [0, 0.05) is 43.6 Å². The first-order chi connectivity index (χ1) is 13.3. The number of benzene rings is 1. The average molecular weight is 363 g/mol. The summed E-state index contributed by atoms with van der Waals surface area (Å²) in [7, 11) is 0. The summed E-state index contributed by atoms with van der Waals surface area (Å²) in [5.74, 6) is 0.586. The average Bonchev–Trinajstić information content (AvgIpc) is 3.22. The van der Waals surface area contributed by atoms with Crippen molar-refractivity contribution in [2.75, 3.05) is 13.1 Å². The Bertz CT molecular complexity index is 874. The quantitative estimate of drug-likeness (QED) is 0.750. The number of amides is 1. The van der Waals surface area contributed by atoms with Gasteiger partial charge < -0.3 is 14.6 Å². The highest BCUT2D eigenvalue weighted by atomic mass is 16.3. The lowest BCUT2D eigenvalue weighted by molar-refractivity contribution is 0.0698. The monoisotopic (exact) mass is 363 g/mol. The molecular formula is C20H21N5O2. The molecule has 2 aromatic heterocycles. The maximum absolute atomic E-state index is 12.4. The van der Waals surface area contributed by atoms with Gasteiger partial charge in [-0.2, -0.15) is 0 Å². The standard InChI is InChI=1S/C20H21N5O2/c26-20(18-13-21-8-9-22-18)25-10-6-16(7-11-25)23-12-17-14-27-19(24-17)15-4-2-1-3-5-15/h1-5,8-9,13-14,16,23H,6-7,10-12H2. The highest BCUT2D eigenvalue weighted by molar-refractivity contribution is 5.92. The Morgan fingerprint density at radius 2 is 2.00 bits per heavy atom. The van der Waals surface area contributed by atoms with Gasteiger partial charge in [0.05, 0.1) is 11.9 Å². The van der Waals surface area contributed by atoms with Crippen LogP contribution < -0.4 is 5.32 Å². The maximum Gasteiger partial charge on any atom is 0.274 e. The van der Waals surface area contributed by atoms with E-state index >= 15 is 0 Å². The van der Waals surface area contributed by atoms with Gasteiger partial charge in [0.1, 0.15) is 12.0 Å². The minimum atomic E-state index is -0.0504. The van der Waals surface area contributed by atoms with Gasteiger partial charge in [-0.15, -0.1) is 0 Å². The molecular weight excluding hydrogens is 342 g/mol. The van der Waals surface area contributed by atoms with E-state index in [1.165, 1.54) is 6.20 Å². The molecule has 1 aliphatic heterocycles. The van der Waals surface area contributed by atoms with Crippen molar-refractivity contribution >= 4 is 5.91 Å². The maximum atomic E-state index is 12.4. The van der Waals surface area contributed by atoms with Crippen LogP contribution in [0.25, 0.3) is 11.5 Å². The van der Waals surface area contributed by atoms with Crippen molar-refractivity contribution in [3.8, 4) is 11.5 Å². The van der Waals surface area contributed by atoms with Crippen LogP contribution in [0.4, 0.5) is 0 Å². The van der Waals surface area contributed by atoms with Crippen LogP contribution >= 0.6 is 0 Å². The third-order valence-corrected chi connectivity index (χ3v) is 4.71. The fourth-order valence-corrected chi connectivity index (χ4v) is 3.21. The van der Waals surface area contributed by atoms with Gasteiger partial charge in [0.2, 0.25) is 5.89 Å². The van der Waals surface area contributed by atoms with Crippen molar-refractivity contribution in [1.29, 1.82) is 0 Å². The molecule has 0 radical (unpaired) electrons. The molecule has 7 nitrogen and oxygen atoms in total. The summed E-state index contributed by atoms with van der Waals surface area (Å²) in [4.78, 5) is 26.8. The van der Waals surface area contributed by atoms with E-state index in [0.717, 1.165) is 24.1 Å². The molecule has 1 saturated heterocycles. The summed E-state index contributed by atoms with van der Waals surface area (Å²) >= 11 is 0. The Morgan fingerprint density at radius 1 is 1.19 bits per heavy atom. The van der Waals surface area contributed by atoms with Crippen LogP contribution in [-0.2, 0) is 6.54 Å². The van der Waals surface area contributed by atoms with Gasteiger partial charge in [-0.1, -0.05) is 18.2 Å². The third kappa shape index (κ3) is 4.20. The molecule has 7 heteroatoms. The van der Waals surface area contributed by atoms with Crippen LogP contribution in [0.15, 0.2) is 59.6 Å². The number of piperidine rings is 1. The topological polar surface area (TPSA) is 84.2 Å². The fraction of sp³-hybridized carbons (Fsp3) is 0.300. The van der Waals surface area contributed by atoms with E-state index in [2.05, 4.69) is 20.3 Å². The molecule has 0 bridgehead atoms. The number of nitrogens with zero attached hydrogens (tertiary/aromatic N) is 4. The normalized spacial score (nSPS) is 15.0. The van der Waals surface area contributed by atoms with Gasteiger partial charge in [-0.05, 0) is 25.0 Å². The van der Waals surface area contributed by atoms with Crippen molar-refractivity contribution < 1.29 is 9.21 Å². The zero-order valence-corrected chi connectivity index (χ0v) is 14.9.